The van der Waals surface area contributed by atoms with Gasteiger partial charge in [-0.3, -0.25) is 9.89 Å². The third kappa shape index (κ3) is 5.06. The molecule has 0 radical (unpaired) electrons. The fourth-order valence-electron chi connectivity index (χ4n) is 2.51. The number of hydrogen-bond acceptors (Lipinski definition) is 5. The fourth-order valence-corrected chi connectivity index (χ4v) is 2.51. The lowest BCUT2D eigenvalue weighted by atomic mass is 10.1. The number of anilines is 1. The molecule has 7 nitrogen and oxygen atoms in total. The van der Waals surface area contributed by atoms with Gasteiger partial charge in [-0.15, -0.1) is 12.4 Å². The molecule has 8 heteroatoms. The number of hydrogen-bond donors (Lipinski definition) is 3. The Bertz CT molecular complexity index is 887. The second kappa shape index (κ2) is 9.35. The maximum atomic E-state index is 12.2. The molecule has 0 spiro atoms. The van der Waals surface area contributed by atoms with Crippen LogP contribution in [0.5, 0.6) is 0 Å². The van der Waals surface area contributed by atoms with Crippen molar-refractivity contribution in [3.05, 3.63) is 57.5 Å². The Balaban J connectivity index is 0.00000243. The van der Waals surface area contributed by atoms with Crippen LogP contribution >= 0.6 is 12.4 Å². The van der Waals surface area contributed by atoms with Gasteiger partial charge in [-0.25, -0.2) is 4.98 Å². The maximum absolute atomic E-state index is 12.2. The lowest BCUT2D eigenvalue weighted by molar-refractivity contribution is 0.631. The highest BCUT2D eigenvalue weighted by Gasteiger charge is 2.08. The molecule has 140 valence electrons. The van der Waals surface area contributed by atoms with Gasteiger partial charge in [0.25, 0.3) is 11.3 Å². The minimum Gasteiger partial charge on any atom is -0.351 e. The smallest absolute Gasteiger partial charge is 0.274 e. The second-order valence-corrected chi connectivity index (χ2v) is 6.16. The highest BCUT2D eigenvalue weighted by molar-refractivity contribution is 5.85. The molecule has 0 unspecified atom stereocenters. The largest absolute Gasteiger partial charge is 0.351 e. The van der Waals surface area contributed by atoms with Crippen molar-refractivity contribution in [1.29, 1.82) is 0 Å². The number of aromatic amines is 1. The molecule has 2 aromatic heterocycles. The number of unbranched alkanes of at least 4 members (excludes halogenated alkanes) is 1. The zero-order chi connectivity index (χ0) is 17.6. The molecule has 0 atom stereocenters. The molecule has 2 heterocycles. The first-order valence-corrected chi connectivity index (χ1v) is 8.64. The highest BCUT2D eigenvalue weighted by Crippen LogP contribution is 2.07. The molecule has 1 aromatic carbocycles. The second-order valence-electron chi connectivity index (χ2n) is 6.16. The summed E-state index contributed by atoms with van der Waals surface area (Å²) in [6.07, 6.45) is 2.24. The van der Waals surface area contributed by atoms with E-state index in [0.717, 1.165) is 24.9 Å². The van der Waals surface area contributed by atoms with Crippen LogP contribution in [-0.2, 0) is 13.1 Å². The normalized spacial score (nSPS) is 10.7. The maximum Gasteiger partial charge on any atom is 0.274 e. The van der Waals surface area contributed by atoms with E-state index >= 15 is 0 Å². The number of rotatable bonds is 8. The van der Waals surface area contributed by atoms with Crippen LogP contribution in [0.25, 0.3) is 5.78 Å². The van der Waals surface area contributed by atoms with E-state index in [9.17, 15) is 4.79 Å². The minimum absolute atomic E-state index is 0. The predicted molar refractivity (Wildman–Crippen MR) is 106 cm³/mol. The summed E-state index contributed by atoms with van der Waals surface area (Å²) in [5.41, 5.74) is 2.92. The fraction of sp³-hybridized carbons (Fsp3) is 0.389. The van der Waals surface area contributed by atoms with Gasteiger partial charge in [-0.1, -0.05) is 43.2 Å². The Labute approximate surface area is 158 Å². The molecule has 0 amide bonds. The van der Waals surface area contributed by atoms with E-state index in [1.807, 2.05) is 0 Å². The molecule has 0 aliphatic rings. The quantitative estimate of drug-likeness (QED) is 0.526. The van der Waals surface area contributed by atoms with E-state index in [4.69, 9.17) is 0 Å². The Morgan fingerprint density at radius 3 is 2.65 bits per heavy atom. The van der Waals surface area contributed by atoms with Gasteiger partial charge in [0.2, 0.25) is 5.95 Å². The number of nitrogens with one attached hydrogen (secondary N) is 3. The van der Waals surface area contributed by atoms with E-state index in [2.05, 4.69) is 63.8 Å². The summed E-state index contributed by atoms with van der Waals surface area (Å²) in [6.45, 7) is 6.32. The number of fused-ring (bicyclic) bond motifs is 1. The summed E-state index contributed by atoms with van der Waals surface area (Å²) in [5, 5.41) is 9.43. The molecule has 3 rings (SSSR count). The number of aryl methyl sites for hydroxylation is 1. The van der Waals surface area contributed by atoms with Crippen LogP contribution < -0.4 is 16.2 Å². The van der Waals surface area contributed by atoms with E-state index in [1.165, 1.54) is 16.1 Å². The van der Waals surface area contributed by atoms with Gasteiger partial charge in [0.15, 0.2) is 0 Å². The van der Waals surface area contributed by atoms with Crippen LogP contribution in [0.1, 0.15) is 36.6 Å². The summed E-state index contributed by atoms with van der Waals surface area (Å²) in [7, 11) is 0. The van der Waals surface area contributed by atoms with Crippen LogP contribution in [0.3, 0.4) is 0 Å². The topological polar surface area (TPSA) is 87.1 Å². The van der Waals surface area contributed by atoms with Crippen LogP contribution in [0.15, 0.2) is 35.1 Å². The standard InChI is InChI=1S/C18H24N6O.ClH/c1-3-4-9-19-12-15-10-16(25)24-18(21-15)22-17(23-24)20-11-14-7-5-13(2)6-8-14;/h5-8,10,19H,3-4,9,11-12H2,1-2H3,(H2,20,21,22,23);1H. The van der Waals surface area contributed by atoms with Gasteiger partial charge < -0.3 is 10.6 Å². The van der Waals surface area contributed by atoms with Crippen molar-refractivity contribution in [3.8, 4) is 0 Å². The molecule has 0 aliphatic carbocycles. The molecule has 0 aliphatic heterocycles. The molecule has 0 saturated carbocycles. The van der Waals surface area contributed by atoms with Crippen molar-refractivity contribution >= 4 is 24.1 Å². The first-order valence-electron chi connectivity index (χ1n) is 8.64. The molecule has 0 saturated heterocycles. The van der Waals surface area contributed by atoms with Crippen LogP contribution in [-0.4, -0.2) is 26.1 Å². The van der Waals surface area contributed by atoms with Crippen molar-refractivity contribution in [1.82, 2.24) is 24.9 Å². The van der Waals surface area contributed by atoms with E-state index < -0.39 is 0 Å². The molecule has 3 aromatic rings. The van der Waals surface area contributed by atoms with Crippen molar-refractivity contribution in [2.45, 2.75) is 39.8 Å². The molecular formula is C18H25ClN6O. The molecule has 3 N–H and O–H groups in total. The Morgan fingerprint density at radius 2 is 1.92 bits per heavy atom. The highest BCUT2D eigenvalue weighted by atomic mass is 35.5. The zero-order valence-corrected chi connectivity index (χ0v) is 15.9. The Morgan fingerprint density at radius 1 is 1.15 bits per heavy atom. The van der Waals surface area contributed by atoms with Gasteiger partial charge >= 0.3 is 0 Å². The summed E-state index contributed by atoms with van der Waals surface area (Å²) in [6, 6.07) is 9.80. The van der Waals surface area contributed by atoms with E-state index in [1.54, 1.807) is 0 Å². The molecule has 0 bridgehead atoms. The summed E-state index contributed by atoms with van der Waals surface area (Å²) in [5.74, 6) is 0.910. The number of benzene rings is 1. The van der Waals surface area contributed by atoms with Gasteiger partial charge in [0, 0.05) is 19.2 Å². The molecular weight excluding hydrogens is 352 g/mol. The van der Waals surface area contributed by atoms with Gasteiger partial charge in [-0.05, 0) is 25.5 Å². The van der Waals surface area contributed by atoms with Gasteiger partial charge in [0.05, 0.1) is 5.69 Å². The summed E-state index contributed by atoms with van der Waals surface area (Å²) in [4.78, 5) is 21.0. The number of nitrogens with zero attached hydrogens (tertiary/aromatic N) is 3. The lowest BCUT2D eigenvalue weighted by Gasteiger charge is -2.02. The minimum atomic E-state index is -0.159. The van der Waals surface area contributed by atoms with E-state index in [-0.39, 0.29) is 18.0 Å². The number of H-pyrrole nitrogens is 1. The van der Waals surface area contributed by atoms with Gasteiger partial charge in [-0.2, -0.15) is 9.50 Å². The Kier molecular flexibility index (Phi) is 7.17. The zero-order valence-electron chi connectivity index (χ0n) is 15.1. The summed E-state index contributed by atoms with van der Waals surface area (Å²) < 4.78 is 1.35. The number of aromatic nitrogens is 4. The lowest BCUT2D eigenvalue weighted by Crippen LogP contribution is -2.20. The van der Waals surface area contributed by atoms with Crippen molar-refractivity contribution in [2.75, 3.05) is 11.9 Å². The first kappa shape index (κ1) is 19.9. The monoisotopic (exact) mass is 376 g/mol. The SMILES string of the molecule is CCCCNCc1cc(=O)n2[nH]c(NCc3ccc(C)cc3)nc2n1.Cl. The predicted octanol–water partition coefficient (Wildman–Crippen LogP) is 2.65. The van der Waals surface area contributed by atoms with Crippen LogP contribution in [0.2, 0.25) is 0 Å². The average Bonchev–Trinajstić information content (AvgIpc) is 3.02. The van der Waals surface area contributed by atoms with Crippen LogP contribution in [0, 0.1) is 6.92 Å². The van der Waals surface area contributed by atoms with Crippen LogP contribution in [0.4, 0.5) is 5.95 Å². The number of halogens is 1. The third-order valence-electron chi connectivity index (χ3n) is 3.98. The van der Waals surface area contributed by atoms with Crippen molar-refractivity contribution in [3.63, 3.8) is 0 Å². The van der Waals surface area contributed by atoms with E-state index in [0.29, 0.717) is 30.5 Å². The molecule has 26 heavy (non-hydrogen) atoms. The molecule has 0 fully saturated rings. The summed E-state index contributed by atoms with van der Waals surface area (Å²) >= 11 is 0. The first-order chi connectivity index (χ1) is 12.2. The Hall–Kier alpha value is -2.38. The average molecular weight is 377 g/mol. The van der Waals surface area contributed by atoms with Gasteiger partial charge in [0.1, 0.15) is 0 Å². The van der Waals surface area contributed by atoms with Crippen molar-refractivity contribution in [2.24, 2.45) is 0 Å². The van der Waals surface area contributed by atoms with Crippen molar-refractivity contribution < 1.29 is 0 Å². The third-order valence-corrected chi connectivity index (χ3v) is 3.98.